The van der Waals surface area contributed by atoms with E-state index in [-0.39, 0.29) is 17.2 Å². The lowest BCUT2D eigenvalue weighted by Gasteiger charge is -2.31. The number of hydrogen-bond acceptors (Lipinski definition) is 6. The summed E-state index contributed by atoms with van der Waals surface area (Å²) in [6, 6.07) is 3.84. The second-order valence-corrected chi connectivity index (χ2v) is 11.0. The lowest BCUT2D eigenvalue weighted by atomic mass is 9.86. The van der Waals surface area contributed by atoms with Gasteiger partial charge in [-0.05, 0) is 29.5 Å². The topological polar surface area (TPSA) is 89.1 Å². The number of aromatic nitrogens is 4. The quantitative estimate of drug-likeness (QED) is 0.509. The second-order valence-electron chi connectivity index (χ2n) is 10.6. The summed E-state index contributed by atoms with van der Waals surface area (Å²) >= 11 is 6.17. The van der Waals surface area contributed by atoms with Crippen LogP contribution in [0.2, 0.25) is 5.02 Å². The van der Waals surface area contributed by atoms with Crippen LogP contribution in [0.4, 0.5) is 4.39 Å². The average molecular weight is 503 g/mol. The summed E-state index contributed by atoms with van der Waals surface area (Å²) in [5.41, 5.74) is 0.881. The van der Waals surface area contributed by atoms with Crippen LogP contribution in [0.15, 0.2) is 22.6 Å². The molecule has 8 nitrogen and oxygen atoms in total. The van der Waals surface area contributed by atoms with Gasteiger partial charge in [-0.25, -0.2) is 9.37 Å². The van der Waals surface area contributed by atoms with Gasteiger partial charge >= 0.3 is 0 Å². The third-order valence-electron chi connectivity index (χ3n) is 6.02. The molecule has 0 saturated heterocycles. The standard InChI is InChI=1S/C25H32ClFN6O2/c1-14(2)12-32-9-10-33-19(13-32)20(28-22(33)17-11-16(26)7-8-18(17)27)23(34)29-21(25(4,5)6)24-31-30-15(3)35-24/h7-8,11,14,21H,9-10,12-13H2,1-6H3,(H,29,34)/t21-/m1/s1. The largest absolute Gasteiger partial charge is 0.423 e. The molecule has 4 rings (SSSR count). The van der Waals surface area contributed by atoms with Gasteiger partial charge < -0.3 is 14.3 Å². The molecule has 3 aromatic rings. The Bertz CT molecular complexity index is 1230. The maximum Gasteiger partial charge on any atom is 0.272 e. The molecule has 10 heteroatoms. The zero-order valence-corrected chi connectivity index (χ0v) is 21.8. The van der Waals surface area contributed by atoms with E-state index in [1.165, 1.54) is 12.1 Å². The van der Waals surface area contributed by atoms with E-state index in [1.807, 2.05) is 25.3 Å². The SMILES string of the molecule is Cc1nnc([C@@H](NC(=O)c2nc(-c3cc(Cl)ccc3F)n3c2CN(CC(C)C)CC3)C(C)(C)C)o1. The lowest BCUT2D eigenvalue weighted by Crippen LogP contribution is -2.39. The number of hydrogen-bond donors (Lipinski definition) is 1. The van der Waals surface area contributed by atoms with Crippen molar-refractivity contribution in [3.8, 4) is 11.4 Å². The Balaban J connectivity index is 1.76. The highest BCUT2D eigenvalue weighted by molar-refractivity contribution is 6.30. The van der Waals surface area contributed by atoms with Crippen molar-refractivity contribution >= 4 is 17.5 Å². The second kappa shape index (κ2) is 9.70. The zero-order chi connectivity index (χ0) is 25.5. The monoisotopic (exact) mass is 502 g/mol. The fourth-order valence-corrected chi connectivity index (χ4v) is 4.60. The molecule has 0 spiro atoms. The Kier molecular flexibility index (Phi) is 7.02. The van der Waals surface area contributed by atoms with Crippen LogP contribution >= 0.6 is 11.6 Å². The number of carbonyl (C=O) groups excluding carboxylic acids is 1. The third kappa shape index (κ3) is 5.41. The number of halogens is 2. The van der Waals surface area contributed by atoms with Crippen LogP contribution in [0.1, 0.15) is 68.6 Å². The maximum absolute atomic E-state index is 14.8. The van der Waals surface area contributed by atoms with Crippen molar-refractivity contribution in [1.82, 2.24) is 30.0 Å². The average Bonchev–Trinajstić information content (AvgIpc) is 3.35. The summed E-state index contributed by atoms with van der Waals surface area (Å²) in [6.45, 7) is 14.8. The molecule has 1 aliphatic rings. The van der Waals surface area contributed by atoms with Crippen LogP contribution in [-0.4, -0.2) is 43.6 Å². The molecule has 1 aliphatic heterocycles. The van der Waals surface area contributed by atoms with Crippen LogP contribution in [0.5, 0.6) is 0 Å². The first kappa shape index (κ1) is 25.3. The van der Waals surface area contributed by atoms with E-state index in [2.05, 4.69) is 39.2 Å². The van der Waals surface area contributed by atoms with Crippen molar-refractivity contribution in [3.63, 3.8) is 0 Å². The molecule has 2 aromatic heterocycles. The summed E-state index contributed by atoms with van der Waals surface area (Å²) in [5, 5.41) is 11.5. The molecule has 0 bridgehead atoms. The van der Waals surface area contributed by atoms with E-state index in [9.17, 15) is 9.18 Å². The molecule has 1 N–H and O–H groups in total. The molecule has 1 aromatic carbocycles. The van der Waals surface area contributed by atoms with Gasteiger partial charge in [-0.2, -0.15) is 0 Å². The Morgan fingerprint density at radius 1 is 1.26 bits per heavy atom. The number of imidazole rings is 1. The number of nitrogens with one attached hydrogen (secondary N) is 1. The normalized spacial score (nSPS) is 15.3. The molecule has 0 radical (unpaired) electrons. The van der Waals surface area contributed by atoms with Gasteiger partial charge in [0.2, 0.25) is 11.8 Å². The highest BCUT2D eigenvalue weighted by Crippen LogP contribution is 2.34. The number of benzene rings is 1. The minimum atomic E-state index is -0.532. The first-order valence-corrected chi connectivity index (χ1v) is 12.2. The minimum Gasteiger partial charge on any atom is -0.423 e. The van der Waals surface area contributed by atoms with Crippen LogP contribution < -0.4 is 5.32 Å². The summed E-state index contributed by atoms with van der Waals surface area (Å²) < 4.78 is 22.4. The van der Waals surface area contributed by atoms with Gasteiger partial charge in [0, 0.05) is 38.1 Å². The van der Waals surface area contributed by atoms with E-state index < -0.39 is 17.3 Å². The summed E-state index contributed by atoms with van der Waals surface area (Å²) in [6.07, 6.45) is 0. The maximum atomic E-state index is 14.8. The first-order chi connectivity index (χ1) is 16.4. The number of rotatable bonds is 6. The van der Waals surface area contributed by atoms with Crippen molar-refractivity contribution in [2.75, 3.05) is 13.1 Å². The number of fused-ring (bicyclic) bond motifs is 1. The summed E-state index contributed by atoms with van der Waals surface area (Å²) in [4.78, 5) is 20.6. The molecular weight excluding hydrogens is 471 g/mol. The van der Waals surface area contributed by atoms with E-state index in [1.54, 1.807) is 13.0 Å². The molecular formula is C25H32ClFN6O2. The number of carbonyl (C=O) groups is 1. The van der Waals surface area contributed by atoms with Crippen molar-refractivity contribution in [2.24, 2.45) is 11.3 Å². The van der Waals surface area contributed by atoms with Crippen molar-refractivity contribution in [3.05, 3.63) is 52.2 Å². The zero-order valence-electron chi connectivity index (χ0n) is 21.0. The molecule has 3 heterocycles. The highest BCUT2D eigenvalue weighted by Gasteiger charge is 2.35. The van der Waals surface area contributed by atoms with Gasteiger partial charge in [0.15, 0.2) is 5.69 Å². The Morgan fingerprint density at radius 2 is 2.00 bits per heavy atom. The fourth-order valence-electron chi connectivity index (χ4n) is 4.43. The molecule has 1 amide bonds. The highest BCUT2D eigenvalue weighted by atomic mass is 35.5. The molecule has 1 atom stereocenters. The predicted molar refractivity (Wildman–Crippen MR) is 131 cm³/mol. The van der Waals surface area contributed by atoms with Crippen LogP contribution in [-0.2, 0) is 13.1 Å². The van der Waals surface area contributed by atoms with Gasteiger partial charge in [-0.1, -0.05) is 46.2 Å². The molecule has 35 heavy (non-hydrogen) atoms. The Hall–Kier alpha value is -2.78. The van der Waals surface area contributed by atoms with E-state index in [4.69, 9.17) is 16.0 Å². The van der Waals surface area contributed by atoms with Gasteiger partial charge in [0.05, 0.1) is 11.3 Å². The smallest absolute Gasteiger partial charge is 0.272 e. The molecule has 0 saturated carbocycles. The van der Waals surface area contributed by atoms with Gasteiger partial charge in [0.25, 0.3) is 5.91 Å². The van der Waals surface area contributed by atoms with Crippen molar-refractivity contribution in [1.29, 1.82) is 0 Å². The van der Waals surface area contributed by atoms with Gasteiger partial charge in [-0.3, -0.25) is 9.69 Å². The van der Waals surface area contributed by atoms with E-state index in [0.717, 1.165) is 18.8 Å². The lowest BCUT2D eigenvalue weighted by molar-refractivity contribution is 0.0876. The number of amides is 1. The number of aryl methyl sites for hydroxylation is 1. The fraction of sp³-hybridized carbons (Fsp3) is 0.520. The molecule has 0 fully saturated rings. The van der Waals surface area contributed by atoms with Gasteiger partial charge in [0.1, 0.15) is 17.7 Å². The van der Waals surface area contributed by atoms with Crippen molar-refractivity contribution < 1.29 is 13.6 Å². The molecule has 188 valence electrons. The number of nitrogens with zero attached hydrogens (tertiary/aromatic N) is 5. The van der Waals surface area contributed by atoms with E-state index >= 15 is 0 Å². The molecule has 0 unspecified atom stereocenters. The first-order valence-electron chi connectivity index (χ1n) is 11.8. The summed E-state index contributed by atoms with van der Waals surface area (Å²) in [5.74, 6) is 0.815. The molecule has 0 aliphatic carbocycles. The third-order valence-corrected chi connectivity index (χ3v) is 6.26. The van der Waals surface area contributed by atoms with Gasteiger partial charge in [-0.15, -0.1) is 10.2 Å². The minimum absolute atomic E-state index is 0.262. The van der Waals surface area contributed by atoms with E-state index in [0.29, 0.717) is 41.6 Å². The Morgan fingerprint density at radius 3 is 2.63 bits per heavy atom. The van der Waals surface area contributed by atoms with Crippen molar-refractivity contribution in [2.45, 2.75) is 60.7 Å². The summed E-state index contributed by atoms with van der Waals surface area (Å²) in [7, 11) is 0. The van der Waals surface area contributed by atoms with Crippen LogP contribution in [0.3, 0.4) is 0 Å². The Labute approximate surface area is 209 Å². The van der Waals surface area contributed by atoms with Crippen LogP contribution in [0, 0.1) is 24.1 Å². The predicted octanol–water partition coefficient (Wildman–Crippen LogP) is 5.02. The van der Waals surface area contributed by atoms with Crippen LogP contribution in [0.25, 0.3) is 11.4 Å².